The lowest BCUT2D eigenvalue weighted by molar-refractivity contribution is 0.738. The molecule has 2 aromatic heterocycles. The van der Waals surface area contributed by atoms with Crippen molar-refractivity contribution in [1.82, 2.24) is 19.7 Å². The van der Waals surface area contributed by atoms with Crippen molar-refractivity contribution < 1.29 is 0 Å². The topological polar surface area (TPSA) is 108 Å². The molecule has 0 amide bonds. The van der Waals surface area contributed by atoms with Gasteiger partial charge in [-0.05, 0) is 6.92 Å². The van der Waals surface area contributed by atoms with Gasteiger partial charge in [0.05, 0.1) is 6.20 Å². The van der Waals surface area contributed by atoms with Crippen LogP contribution in [-0.4, -0.2) is 19.7 Å². The maximum Gasteiger partial charge on any atom is 0.223 e. The van der Waals surface area contributed by atoms with Gasteiger partial charge in [-0.1, -0.05) is 0 Å². The highest BCUT2D eigenvalue weighted by Gasteiger charge is 2.04. The van der Waals surface area contributed by atoms with Crippen molar-refractivity contribution in [2.45, 2.75) is 13.5 Å². The molecule has 0 atom stereocenters. The van der Waals surface area contributed by atoms with E-state index in [1.54, 1.807) is 6.07 Å². The van der Waals surface area contributed by atoms with E-state index in [2.05, 4.69) is 20.4 Å². The molecule has 0 aliphatic heterocycles. The monoisotopic (exact) mass is 233 g/mol. The largest absolute Gasteiger partial charge is 0.383 e. The number of anilines is 3. The zero-order valence-corrected chi connectivity index (χ0v) is 9.81. The summed E-state index contributed by atoms with van der Waals surface area (Å²) in [5.41, 5.74) is 13.3. The fourth-order valence-electron chi connectivity index (χ4n) is 1.48. The van der Waals surface area contributed by atoms with E-state index in [9.17, 15) is 0 Å². The van der Waals surface area contributed by atoms with Crippen LogP contribution in [0, 0.1) is 6.92 Å². The molecule has 0 aromatic carbocycles. The molecule has 2 rings (SSSR count). The van der Waals surface area contributed by atoms with Crippen molar-refractivity contribution in [2.75, 3.05) is 16.8 Å². The lowest BCUT2D eigenvalue weighted by Crippen LogP contribution is -2.06. The van der Waals surface area contributed by atoms with Crippen LogP contribution >= 0.6 is 0 Å². The van der Waals surface area contributed by atoms with Crippen LogP contribution in [0.2, 0.25) is 0 Å². The Labute approximate surface area is 98.9 Å². The molecule has 7 heteroatoms. The summed E-state index contributed by atoms with van der Waals surface area (Å²) in [7, 11) is 1.90. The number of nitrogens with zero attached hydrogens (tertiary/aromatic N) is 4. The molecule has 5 N–H and O–H groups in total. The lowest BCUT2D eigenvalue weighted by Gasteiger charge is -2.06. The number of rotatable bonds is 3. The van der Waals surface area contributed by atoms with Crippen LogP contribution in [-0.2, 0) is 13.6 Å². The Morgan fingerprint density at radius 3 is 2.71 bits per heavy atom. The van der Waals surface area contributed by atoms with Crippen LogP contribution in [0.4, 0.5) is 17.6 Å². The Morgan fingerprint density at radius 1 is 1.35 bits per heavy atom. The molecule has 0 saturated carbocycles. The van der Waals surface area contributed by atoms with Gasteiger partial charge in [-0.25, -0.2) is 0 Å². The molecule has 2 aromatic rings. The fraction of sp³-hybridized carbons (Fsp3) is 0.300. The maximum atomic E-state index is 5.57. The number of nitrogen functional groups attached to an aromatic ring is 2. The first-order valence-electron chi connectivity index (χ1n) is 5.17. The average Bonchev–Trinajstić information content (AvgIpc) is 2.56. The Bertz CT molecular complexity index is 511. The quantitative estimate of drug-likeness (QED) is 0.703. The van der Waals surface area contributed by atoms with Gasteiger partial charge in [0, 0.05) is 30.9 Å². The second-order valence-electron chi connectivity index (χ2n) is 3.77. The molecule has 0 fully saturated rings. The summed E-state index contributed by atoms with van der Waals surface area (Å²) >= 11 is 0. The number of hydrogen-bond donors (Lipinski definition) is 3. The van der Waals surface area contributed by atoms with Crippen LogP contribution in [0.1, 0.15) is 11.3 Å². The molecule has 0 spiro atoms. The smallest absolute Gasteiger partial charge is 0.223 e. The van der Waals surface area contributed by atoms with E-state index in [0.717, 1.165) is 11.3 Å². The van der Waals surface area contributed by atoms with Crippen molar-refractivity contribution in [3.05, 3.63) is 23.5 Å². The molecule has 90 valence electrons. The predicted octanol–water partition coefficient (Wildman–Crippen LogP) is 0.295. The van der Waals surface area contributed by atoms with E-state index in [4.69, 9.17) is 11.5 Å². The fourth-order valence-corrected chi connectivity index (χ4v) is 1.48. The average molecular weight is 233 g/mol. The van der Waals surface area contributed by atoms with Gasteiger partial charge >= 0.3 is 0 Å². The highest BCUT2D eigenvalue weighted by Crippen LogP contribution is 2.12. The Balaban J connectivity index is 2.09. The Morgan fingerprint density at radius 2 is 2.12 bits per heavy atom. The minimum atomic E-state index is 0.162. The van der Waals surface area contributed by atoms with Gasteiger partial charge in [0.1, 0.15) is 11.6 Å². The SMILES string of the molecule is Cc1c(CNc2cc(N)nc(N)n2)cnn1C. The molecule has 0 bridgehead atoms. The molecular weight excluding hydrogens is 218 g/mol. The van der Waals surface area contributed by atoms with Crippen LogP contribution in [0.5, 0.6) is 0 Å². The van der Waals surface area contributed by atoms with Crippen LogP contribution in [0.25, 0.3) is 0 Å². The van der Waals surface area contributed by atoms with Gasteiger partial charge in [0.15, 0.2) is 0 Å². The molecule has 0 saturated heterocycles. The third-order valence-electron chi connectivity index (χ3n) is 2.56. The molecule has 0 unspecified atom stereocenters. The van der Waals surface area contributed by atoms with Crippen LogP contribution < -0.4 is 16.8 Å². The third-order valence-corrected chi connectivity index (χ3v) is 2.56. The zero-order chi connectivity index (χ0) is 12.4. The van der Waals surface area contributed by atoms with Gasteiger partial charge in [-0.2, -0.15) is 15.1 Å². The lowest BCUT2D eigenvalue weighted by atomic mass is 10.2. The van der Waals surface area contributed by atoms with E-state index in [-0.39, 0.29) is 5.95 Å². The van der Waals surface area contributed by atoms with E-state index < -0.39 is 0 Å². The van der Waals surface area contributed by atoms with Gasteiger partial charge in [-0.3, -0.25) is 4.68 Å². The second kappa shape index (κ2) is 4.28. The highest BCUT2D eigenvalue weighted by atomic mass is 15.3. The summed E-state index contributed by atoms with van der Waals surface area (Å²) in [6.45, 7) is 2.63. The van der Waals surface area contributed by atoms with Gasteiger partial charge in [0.25, 0.3) is 0 Å². The predicted molar refractivity (Wildman–Crippen MR) is 66.1 cm³/mol. The minimum absolute atomic E-state index is 0.162. The van der Waals surface area contributed by atoms with Crippen molar-refractivity contribution in [3.8, 4) is 0 Å². The summed E-state index contributed by atoms with van der Waals surface area (Å²) < 4.78 is 1.82. The minimum Gasteiger partial charge on any atom is -0.383 e. The summed E-state index contributed by atoms with van der Waals surface area (Å²) in [5.74, 6) is 1.12. The molecule has 17 heavy (non-hydrogen) atoms. The van der Waals surface area contributed by atoms with Crippen LogP contribution in [0.15, 0.2) is 12.3 Å². The Kier molecular flexibility index (Phi) is 2.82. The Hall–Kier alpha value is -2.31. The molecule has 2 heterocycles. The molecule has 0 aliphatic rings. The molecule has 7 nitrogen and oxygen atoms in total. The summed E-state index contributed by atoms with van der Waals surface area (Å²) in [5, 5.41) is 7.29. The third kappa shape index (κ3) is 2.44. The number of nitrogens with two attached hydrogens (primary N) is 2. The standard InChI is InChI=1S/C10H15N7/c1-6-7(5-14-17(6)2)4-13-9-3-8(11)15-10(12)16-9/h3,5H,4H2,1-2H3,(H5,11,12,13,15,16). The maximum absolute atomic E-state index is 5.57. The second-order valence-corrected chi connectivity index (χ2v) is 3.77. The van der Waals surface area contributed by atoms with Crippen molar-refractivity contribution >= 4 is 17.6 Å². The summed E-state index contributed by atoms with van der Waals surface area (Å²) in [6, 6.07) is 1.64. The van der Waals surface area contributed by atoms with Gasteiger partial charge in [0.2, 0.25) is 5.95 Å². The number of nitrogens with one attached hydrogen (secondary N) is 1. The van der Waals surface area contributed by atoms with Crippen molar-refractivity contribution in [1.29, 1.82) is 0 Å². The van der Waals surface area contributed by atoms with Crippen LogP contribution in [0.3, 0.4) is 0 Å². The molecule has 0 radical (unpaired) electrons. The molecule has 0 aliphatic carbocycles. The highest BCUT2D eigenvalue weighted by molar-refractivity contribution is 5.48. The number of aromatic nitrogens is 4. The van der Waals surface area contributed by atoms with Gasteiger partial charge < -0.3 is 16.8 Å². The number of aryl methyl sites for hydroxylation is 1. The van der Waals surface area contributed by atoms with Crippen molar-refractivity contribution in [3.63, 3.8) is 0 Å². The normalized spacial score (nSPS) is 10.5. The summed E-state index contributed by atoms with van der Waals surface area (Å²) in [6.07, 6.45) is 1.82. The van der Waals surface area contributed by atoms with E-state index >= 15 is 0 Å². The first-order chi connectivity index (χ1) is 8.06. The van der Waals surface area contributed by atoms with E-state index in [1.165, 1.54) is 0 Å². The van der Waals surface area contributed by atoms with E-state index in [0.29, 0.717) is 18.2 Å². The van der Waals surface area contributed by atoms with E-state index in [1.807, 2.05) is 24.9 Å². The summed E-state index contributed by atoms with van der Waals surface area (Å²) in [4.78, 5) is 7.83. The first-order valence-corrected chi connectivity index (χ1v) is 5.17. The van der Waals surface area contributed by atoms with Crippen molar-refractivity contribution in [2.24, 2.45) is 7.05 Å². The van der Waals surface area contributed by atoms with Gasteiger partial charge in [-0.15, -0.1) is 0 Å². The zero-order valence-electron chi connectivity index (χ0n) is 9.81. The first kappa shape index (κ1) is 11.2. The number of hydrogen-bond acceptors (Lipinski definition) is 6. The molecular formula is C10H15N7.